The van der Waals surface area contributed by atoms with Crippen LogP contribution in [0.2, 0.25) is 0 Å². The van der Waals surface area contributed by atoms with Crippen LogP contribution in [0.3, 0.4) is 0 Å². The zero-order chi connectivity index (χ0) is 36.0. The molecule has 1 aliphatic heterocycles. The highest BCUT2D eigenvalue weighted by Crippen LogP contribution is 2.15. The summed E-state index contributed by atoms with van der Waals surface area (Å²) in [7, 11) is 0. The summed E-state index contributed by atoms with van der Waals surface area (Å²) in [6.45, 7) is 8.13. The van der Waals surface area contributed by atoms with E-state index in [0.29, 0.717) is 12.8 Å². The molecule has 0 N–H and O–H groups in total. The van der Waals surface area contributed by atoms with Gasteiger partial charge in [-0.1, -0.05) is 167 Å². The van der Waals surface area contributed by atoms with Gasteiger partial charge in [0.1, 0.15) is 12.7 Å². The van der Waals surface area contributed by atoms with Gasteiger partial charge in [0.15, 0.2) is 0 Å². The lowest BCUT2D eigenvalue weighted by Gasteiger charge is -2.22. The molecular formula is C45H85NO4. The Morgan fingerprint density at radius 2 is 0.920 bits per heavy atom. The van der Waals surface area contributed by atoms with Gasteiger partial charge < -0.3 is 14.4 Å². The van der Waals surface area contributed by atoms with Crippen molar-refractivity contribution in [3.63, 3.8) is 0 Å². The van der Waals surface area contributed by atoms with E-state index in [-0.39, 0.29) is 24.6 Å². The summed E-state index contributed by atoms with van der Waals surface area (Å²) in [6.07, 6.45) is 47.1. The van der Waals surface area contributed by atoms with Crippen LogP contribution < -0.4 is 0 Å². The van der Waals surface area contributed by atoms with Crippen LogP contribution in [-0.2, 0) is 19.1 Å². The van der Waals surface area contributed by atoms with Gasteiger partial charge in [0, 0.05) is 12.8 Å². The molecule has 0 aromatic rings. The summed E-state index contributed by atoms with van der Waals surface area (Å²) in [5.41, 5.74) is 0. The molecule has 1 unspecified atom stereocenters. The second-order valence-electron chi connectivity index (χ2n) is 15.6. The average molecular weight is 704 g/mol. The molecule has 0 spiro atoms. The Bertz CT molecular complexity index is 768. The van der Waals surface area contributed by atoms with Gasteiger partial charge in [0.25, 0.3) is 0 Å². The van der Waals surface area contributed by atoms with Gasteiger partial charge >= 0.3 is 11.9 Å². The van der Waals surface area contributed by atoms with E-state index >= 15 is 0 Å². The molecule has 50 heavy (non-hydrogen) atoms. The molecule has 1 rings (SSSR count). The smallest absolute Gasteiger partial charge is 0.306 e. The minimum atomic E-state index is -0.369. The Labute approximate surface area is 311 Å². The van der Waals surface area contributed by atoms with Gasteiger partial charge in [-0.3, -0.25) is 9.59 Å². The maximum Gasteiger partial charge on any atom is 0.306 e. The van der Waals surface area contributed by atoms with Crippen molar-refractivity contribution in [3.05, 3.63) is 12.2 Å². The standard InChI is InChI=1S/C45H85NO4/c1-3-4-5-6-7-8-9-10-11-12-13-14-19-24-29-34-39-46-40-35-30-25-20-15-17-22-27-32-37-44(47)49-42-43(2)50-45(48)38-33-28-23-18-16-21-26-31-36-41-46/h10-11,43H,3-9,12-42H2,1-2H3. The molecule has 0 aromatic carbocycles. The molecule has 5 nitrogen and oxygen atoms in total. The highest BCUT2D eigenvalue weighted by atomic mass is 16.6. The average Bonchev–Trinajstić information content (AvgIpc) is 3.10. The molecule has 0 saturated carbocycles. The second kappa shape index (κ2) is 37.4. The molecule has 0 aromatic heterocycles. The molecule has 1 fully saturated rings. The van der Waals surface area contributed by atoms with E-state index in [0.717, 1.165) is 25.7 Å². The molecule has 0 radical (unpaired) electrons. The third-order valence-electron chi connectivity index (χ3n) is 10.5. The van der Waals surface area contributed by atoms with E-state index in [9.17, 15) is 9.59 Å². The lowest BCUT2D eigenvalue weighted by molar-refractivity contribution is -0.158. The number of allylic oxidation sites excluding steroid dienone is 2. The van der Waals surface area contributed by atoms with Crippen molar-refractivity contribution in [3.8, 4) is 0 Å². The van der Waals surface area contributed by atoms with E-state index < -0.39 is 0 Å². The summed E-state index contributed by atoms with van der Waals surface area (Å²) in [6, 6.07) is 0. The van der Waals surface area contributed by atoms with Crippen molar-refractivity contribution in [2.75, 3.05) is 26.2 Å². The highest BCUT2D eigenvalue weighted by Gasteiger charge is 2.12. The molecule has 0 amide bonds. The van der Waals surface area contributed by atoms with Crippen molar-refractivity contribution in [1.82, 2.24) is 4.90 Å². The molecule has 1 aliphatic rings. The number of rotatable bonds is 16. The number of ether oxygens (including phenoxy) is 2. The first-order valence-electron chi connectivity index (χ1n) is 22.3. The minimum absolute atomic E-state index is 0.167. The van der Waals surface area contributed by atoms with E-state index in [1.165, 1.54) is 199 Å². The van der Waals surface area contributed by atoms with Gasteiger partial charge in [-0.05, 0) is 84.3 Å². The van der Waals surface area contributed by atoms with Crippen LogP contribution in [0.15, 0.2) is 12.2 Å². The maximum atomic E-state index is 12.1. The van der Waals surface area contributed by atoms with Crippen LogP contribution >= 0.6 is 0 Å². The first-order valence-corrected chi connectivity index (χ1v) is 22.3. The third kappa shape index (κ3) is 33.8. The second-order valence-corrected chi connectivity index (χ2v) is 15.6. The van der Waals surface area contributed by atoms with E-state index in [4.69, 9.17) is 9.47 Å². The van der Waals surface area contributed by atoms with Crippen LogP contribution in [-0.4, -0.2) is 49.2 Å². The SMILES string of the molecule is CCCCCCCCC=CCCCCCCCCN1CCCCCCCCCCCC(=O)OCC(C)OC(=O)CCCCCCCCCCC1. The van der Waals surface area contributed by atoms with Crippen LogP contribution in [0, 0.1) is 0 Å². The number of esters is 2. The van der Waals surface area contributed by atoms with E-state index in [2.05, 4.69) is 24.0 Å². The monoisotopic (exact) mass is 704 g/mol. The zero-order valence-corrected chi connectivity index (χ0v) is 33.7. The lowest BCUT2D eigenvalue weighted by atomic mass is 10.1. The van der Waals surface area contributed by atoms with E-state index in [1.54, 1.807) is 0 Å². The van der Waals surface area contributed by atoms with Crippen LogP contribution in [0.5, 0.6) is 0 Å². The number of cyclic esters (lactones) is 2. The summed E-state index contributed by atoms with van der Waals surface area (Å²) in [5.74, 6) is -0.335. The third-order valence-corrected chi connectivity index (χ3v) is 10.5. The molecule has 1 saturated heterocycles. The quantitative estimate of drug-likeness (QED) is 0.0910. The first-order chi connectivity index (χ1) is 24.6. The van der Waals surface area contributed by atoms with Gasteiger partial charge in [0.2, 0.25) is 0 Å². The van der Waals surface area contributed by atoms with Crippen LogP contribution in [0.4, 0.5) is 0 Å². The minimum Gasteiger partial charge on any atom is -0.462 e. The van der Waals surface area contributed by atoms with Crippen molar-refractivity contribution in [2.24, 2.45) is 0 Å². The van der Waals surface area contributed by atoms with Gasteiger partial charge in [-0.15, -0.1) is 0 Å². The number of carbonyl (C=O) groups excluding carboxylic acids is 2. The molecule has 5 heteroatoms. The molecule has 0 aliphatic carbocycles. The maximum absolute atomic E-state index is 12.1. The Morgan fingerprint density at radius 1 is 0.520 bits per heavy atom. The molecule has 0 bridgehead atoms. The lowest BCUT2D eigenvalue weighted by Crippen LogP contribution is -2.27. The Kier molecular flexibility index (Phi) is 34.9. The van der Waals surface area contributed by atoms with Gasteiger partial charge in [-0.25, -0.2) is 0 Å². The highest BCUT2D eigenvalue weighted by molar-refractivity contribution is 5.70. The van der Waals surface area contributed by atoms with E-state index in [1.807, 2.05) is 6.92 Å². The predicted molar refractivity (Wildman–Crippen MR) is 215 cm³/mol. The Hall–Kier alpha value is -1.36. The molecule has 1 atom stereocenters. The summed E-state index contributed by atoms with van der Waals surface area (Å²) in [4.78, 5) is 27.0. The summed E-state index contributed by atoms with van der Waals surface area (Å²) >= 11 is 0. The van der Waals surface area contributed by atoms with Crippen LogP contribution in [0.25, 0.3) is 0 Å². The fourth-order valence-corrected chi connectivity index (χ4v) is 7.20. The van der Waals surface area contributed by atoms with Gasteiger partial charge in [-0.2, -0.15) is 0 Å². The summed E-state index contributed by atoms with van der Waals surface area (Å²) in [5, 5.41) is 0. The van der Waals surface area contributed by atoms with Crippen molar-refractivity contribution in [2.45, 2.75) is 238 Å². The number of nitrogens with zero attached hydrogens (tertiary/aromatic N) is 1. The van der Waals surface area contributed by atoms with Gasteiger partial charge in [0.05, 0.1) is 0 Å². The Morgan fingerprint density at radius 3 is 1.42 bits per heavy atom. The van der Waals surface area contributed by atoms with Crippen molar-refractivity contribution >= 4 is 11.9 Å². The predicted octanol–water partition coefficient (Wildman–Crippen LogP) is 13.6. The number of unbranched alkanes of at least 4 members (excludes halogenated alkanes) is 12. The number of carbonyl (C=O) groups is 2. The number of hydrogen-bond donors (Lipinski definition) is 0. The molecule has 294 valence electrons. The van der Waals surface area contributed by atoms with Crippen molar-refractivity contribution in [1.29, 1.82) is 0 Å². The molecule has 1 heterocycles. The fraction of sp³-hybridized carbons (Fsp3) is 0.911. The first kappa shape index (κ1) is 46.7. The topological polar surface area (TPSA) is 55.8 Å². The normalized spacial score (nSPS) is 20.8. The van der Waals surface area contributed by atoms with Crippen LogP contribution in [0.1, 0.15) is 232 Å². The largest absolute Gasteiger partial charge is 0.462 e. The summed E-state index contributed by atoms with van der Waals surface area (Å²) < 4.78 is 10.8. The zero-order valence-electron chi connectivity index (χ0n) is 33.7. The Balaban J connectivity index is 2.26. The molecular weight excluding hydrogens is 618 g/mol. The fourth-order valence-electron chi connectivity index (χ4n) is 7.20. The van der Waals surface area contributed by atoms with Crippen molar-refractivity contribution < 1.29 is 19.1 Å². The number of hydrogen-bond acceptors (Lipinski definition) is 5.